The zero-order chi connectivity index (χ0) is 8.81. The molecule has 0 aromatic carbocycles. The lowest BCUT2D eigenvalue weighted by atomic mass is 10.1. The summed E-state index contributed by atoms with van der Waals surface area (Å²) >= 11 is 0. The molecule has 0 bridgehead atoms. The van der Waals surface area contributed by atoms with Crippen LogP contribution in [0.3, 0.4) is 0 Å². The maximum absolute atomic E-state index is 8.33. The summed E-state index contributed by atoms with van der Waals surface area (Å²) in [6, 6.07) is 1.97. The van der Waals surface area contributed by atoms with E-state index in [1.807, 2.05) is 30.4 Å². The van der Waals surface area contributed by atoms with Crippen LogP contribution in [-0.4, -0.2) is 0 Å². The molecule has 0 aliphatic heterocycles. The molecule has 1 aliphatic rings. The molecule has 0 saturated carbocycles. The molecule has 0 aromatic heterocycles. The molecule has 60 valence electrons. The van der Waals surface area contributed by atoms with Gasteiger partial charge in [0.15, 0.2) is 0 Å². The van der Waals surface area contributed by atoms with E-state index in [9.17, 15) is 0 Å². The highest BCUT2D eigenvalue weighted by Crippen LogP contribution is 2.11. The normalized spacial score (nSPS) is 22.0. The molecule has 12 heavy (non-hydrogen) atoms. The van der Waals surface area contributed by atoms with E-state index in [1.54, 1.807) is 0 Å². The van der Waals surface area contributed by atoms with Gasteiger partial charge in [0.1, 0.15) is 0 Å². The minimum Gasteiger partial charge on any atom is -0.193 e. The molecule has 1 heteroatoms. The first-order valence-electron chi connectivity index (χ1n) is 3.96. The van der Waals surface area contributed by atoms with Gasteiger partial charge in [0, 0.05) is 6.08 Å². The molecule has 1 unspecified atom stereocenters. The molecule has 1 aliphatic carbocycles. The first kappa shape index (κ1) is 8.55. The minimum atomic E-state index is 0.443. The van der Waals surface area contributed by atoms with E-state index in [2.05, 4.69) is 19.1 Å². The topological polar surface area (TPSA) is 23.8 Å². The summed E-state index contributed by atoms with van der Waals surface area (Å²) in [5, 5.41) is 8.33. The zero-order valence-electron chi connectivity index (χ0n) is 7.07. The fraction of sp³-hybridized carbons (Fsp3) is 0.182. The van der Waals surface area contributed by atoms with Crippen molar-refractivity contribution in [1.29, 1.82) is 5.26 Å². The van der Waals surface area contributed by atoms with E-state index in [0.29, 0.717) is 5.92 Å². The molecule has 1 nitrogen and oxygen atoms in total. The molecule has 0 N–H and O–H groups in total. The summed E-state index contributed by atoms with van der Waals surface area (Å²) < 4.78 is 0. The van der Waals surface area contributed by atoms with Crippen molar-refractivity contribution in [2.45, 2.75) is 6.92 Å². The van der Waals surface area contributed by atoms with Crippen molar-refractivity contribution in [3.8, 4) is 6.07 Å². The molecular formula is C11H11N. The van der Waals surface area contributed by atoms with Gasteiger partial charge in [-0.1, -0.05) is 37.3 Å². The Balaban J connectivity index is 2.78. The maximum Gasteiger partial charge on any atom is 0.0912 e. The fourth-order valence-electron chi connectivity index (χ4n) is 1.07. The summed E-state index contributed by atoms with van der Waals surface area (Å²) in [7, 11) is 0. The van der Waals surface area contributed by atoms with E-state index in [-0.39, 0.29) is 0 Å². The van der Waals surface area contributed by atoms with Crippen molar-refractivity contribution >= 4 is 0 Å². The van der Waals surface area contributed by atoms with Gasteiger partial charge < -0.3 is 0 Å². The highest BCUT2D eigenvalue weighted by molar-refractivity contribution is 5.37. The van der Waals surface area contributed by atoms with E-state index >= 15 is 0 Å². The van der Waals surface area contributed by atoms with Gasteiger partial charge in [-0.15, -0.1) is 0 Å². The first-order valence-corrected chi connectivity index (χ1v) is 3.96. The van der Waals surface area contributed by atoms with Crippen LogP contribution in [-0.2, 0) is 0 Å². The summed E-state index contributed by atoms with van der Waals surface area (Å²) in [5.41, 5.74) is 1.09. The molecule has 0 aromatic rings. The zero-order valence-corrected chi connectivity index (χ0v) is 7.07. The molecular weight excluding hydrogens is 146 g/mol. The third kappa shape index (κ3) is 2.59. The second kappa shape index (κ2) is 4.35. The van der Waals surface area contributed by atoms with Gasteiger partial charge >= 0.3 is 0 Å². The average molecular weight is 157 g/mol. The van der Waals surface area contributed by atoms with Gasteiger partial charge in [0.25, 0.3) is 0 Å². The van der Waals surface area contributed by atoms with Crippen LogP contribution in [0.5, 0.6) is 0 Å². The molecule has 0 spiro atoms. The Kier molecular flexibility index (Phi) is 3.10. The van der Waals surface area contributed by atoms with Crippen LogP contribution in [0.25, 0.3) is 0 Å². The van der Waals surface area contributed by atoms with Gasteiger partial charge in [-0.3, -0.25) is 0 Å². The Bertz CT molecular complexity index is 297. The second-order valence-electron chi connectivity index (χ2n) is 2.73. The summed E-state index contributed by atoms with van der Waals surface area (Å²) in [5.74, 6) is 0.443. The first-order chi connectivity index (χ1) is 5.83. The Hall–Kier alpha value is -1.55. The van der Waals surface area contributed by atoms with Gasteiger partial charge in [-0.2, -0.15) is 5.26 Å². The lowest BCUT2D eigenvalue weighted by Crippen LogP contribution is -1.82. The van der Waals surface area contributed by atoms with E-state index in [1.165, 1.54) is 6.08 Å². The molecule has 0 radical (unpaired) electrons. The van der Waals surface area contributed by atoms with Crippen LogP contribution in [0.15, 0.2) is 48.1 Å². The van der Waals surface area contributed by atoms with Crippen molar-refractivity contribution in [2.24, 2.45) is 5.92 Å². The minimum absolute atomic E-state index is 0.443. The van der Waals surface area contributed by atoms with E-state index in [0.717, 1.165) is 5.57 Å². The number of nitrogens with zero attached hydrogens (tertiary/aromatic N) is 1. The third-order valence-electron chi connectivity index (χ3n) is 1.62. The second-order valence-corrected chi connectivity index (χ2v) is 2.73. The van der Waals surface area contributed by atoms with Crippen molar-refractivity contribution in [3.05, 3.63) is 48.1 Å². The monoisotopic (exact) mass is 157 g/mol. The summed E-state index contributed by atoms with van der Waals surface area (Å²) in [4.78, 5) is 0. The third-order valence-corrected chi connectivity index (χ3v) is 1.62. The van der Waals surface area contributed by atoms with Crippen LogP contribution in [0.2, 0.25) is 0 Å². The number of hydrogen-bond donors (Lipinski definition) is 0. The Morgan fingerprint density at radius 2 is 2.33 bits per heavy atom. The number of rotatable bonds is 1. The number of hydrogen-bond acceptors (Lipinski definition) is 1. The standard InChI is InChI=1S/C11H11N/c1-10-5-2-3-6-11(9-10)7-4-8-12/h2-7,9-10H,1H3/b7-4+. The lowest BCUT2D eigenvalue weighted by molar-refractivity contribution is 0.937. The van der Waals surface area contributed by atoms with Crippen molar-refractivity contribution in [2.75, 3.05) is 0 Å². The van der Waals surface area contributed by atoms with Crippen molar-refractivity contribution in [3.63, 3.8) is 0 Å². The average Bonchev–Trinajstić information content (AvgIpc) is 2.26. The molecule has 0 amide bonds. The quantitative estimate of drug-likeness (QED) is 0.537. The lowest BCUT2D eigenvalue weighted by Gasteiger charge is -1.96. The molecule has 1 rings (SSSR count). The molecule has 0 saturated heterocycles. The summed E-state index contributed by atoms with van der Waals surface area (Å²) in [6.07, 6.45) is 13.5. The van der Waals surface area contributed by atoms with Crippen LogP contribution < -0.4 is 0 Å². The Labute approximate surface area is 73.0 Å². The SMILES string of the molecule is CC1C=CC=CC(/C=C/C#N)=C1. The van der Waals surface area contributed by atoms with Crippen molar-refractivity contribution in [1.82, 2.24) is 0 Å². The van der Waals surface area contributed by atoms with Crippen LogP contribution >= 0.6 is 0 Å². The predicted molar refractivity (Wildman–Crippen MR) is 50.3 cm³/mol. The highest BCUT2D eigenvalue weighted by Gasteiger charge is 1.95. The van der Waals surface area contributed by atoms with Crippen LogP contribution in [0, 0.1) is 17.2 Å². The fourth-order valence-corrected chi connectivity index (χ4v) is 1.07. The highest BCUT2D eigenvalue weighted by atomic mass is 14.2. The Morgan fingerprint density at radius 1 is 1.50 bits per heavy atom. The van der Waals surface area contributed by atoms with Gasteiger partial charge in [-0.05, 0) is 17.6 Å². The van der Waals surface area contributed by atoms with E-state index < -0.39 is 0 Å². The number of allylic oxidation sites excluding steroid dienone is 8. The van der Waals surface area contributed by atoms with Crippen LogP contribution in [0.4, 0.5) is 0 Å². The molecule has 0 heterocycles. The van der Waals surface area contributed by atoms with E-state index in [4.69, 9.17) is 5.26 Å². The molecule has 1 atom stereocenters. The van der Waals surface area contributed by atoms with Crippen LogP contribution in [0.1, 0.15) is 6.92 Å². The predicted octanol–water partition coefficient (Wildman–Crippen LogP) is 2.75. The summed E-state index contributed by atoms with van der Waals surface area (Å²) in [6.45, 7) is 2.11. The largest absolute Gasteiger partial charge is 0.193 e. The van der Waals surface area contributed by atoms with Gasteiger partial charge in [0.2, 0.25) is 0 Å². The maximum atomic E-state index is 8.33. The van der Waals surface area contributed by atoms with Gasteiger partial charge in [0.05, 0.1) is 6.07 Å². The number of nitriles is 1. The molecule has 0 fully saturated rings. The van der Waals surface area contributed by atoms with Crippen molar-refractivity contribution < 1.29 is 0 Å². The Morgan fingerprint density at radius 3 is 3.08 bits per heavy atom. The smallest absolute Gasteiger partial charge is 0.0912 e. The van der Waals surface area contributed by atoms with Gasteiger partial charge in [-0.25, -0.2) is 0 Å².